The van der Waals surface area contributed by atoms with Crippen LogP contribution in [0.4, 0.5) is 0 Å². The van der Waals surface area contributed by atoms with E-state index in [0.717, 1.165) is 10.5 Å². The molecule has 0 aromatic heterocycles. The highest BCUT2D eigenvalue weighted by atomic mass is 16.4. The standard InChI is InChI=1S/C14H15NO4/c16-12-8-11(10-4-2-1-3-5-10)9-13(17)15(12)7-6-14(18)19/h1-5,11H,6-9H2,(H,18,19). The lowest BCUT2D eigenvalue weighted by molar-refractivity contribution is -0.149. The topological polar surface area (TPSA) is 74.7 Å². The number of rotatable bonds is 4. The van der Waals surface area contributed by atoms with E-state index in [1.54, 1.807) is 0 Å². The Labute approximate surface area is 110 Å². The van der Waals surface area contributed by atoms with Gasteiger partial charge in [0.05, 0.1) is 6.42 Å². The molecule has 1 aliphatic heterocycles. The van der Waals surface area contributed by atoms with E-state index >= 15 is 0 Å². The van der Waals surface area contributed by atoms with Gasteiger partial charge < -0.3 is 5.11 Å². The summed E-state index contributed by atoms with van der Waals surface area (Å²) in [5.41, 5.74) is 0.974. The fraction of sp³-hybridized carbons (Fsp3) is 0.357. The zero-order valence-electron chi connectivity index (χ0n) is 10.4. The molecule has 0 spiro atoms. The van der Waals surface area contributed by atoms with Gasteiger partial charge in [-0.25, -0.2) is 0 Å². The number of piperidine rings is 1. The van der Waals surface area contributed by atoms with Gasteiger partial charge in [0.2, 0.25) is 11.8 Å². The quantitative estimate of drug-likeness (QED) is 0.831. The zero-order chi connectivity index (χ0) is 13.8. The van der Waals surface area contributed by atoms with Gasteiger partial charge in [-0.3, -0.25) is 19.3 Å². The normalized spacial score (nSPS) is 16.7. The third-order valence-electron chi connectivity index (χ3n) is 3.26. The molecule has 100 valence electrons. The predicted octanol–water partition coefficient (Wildman–Crippen LogP) is 1.39. The van der Waals surface area contributed by atoms with Crippen molar-refractivity contribution in [2.75, 3.05) is 6.54 Å². The molecule has 0 atom stereocenters. The second-order valence-corrected chi connectivity index (χ2v) is 4.60. The first-order chi connectivity index (χ1) is 9.08. The van der Waals surface area contributed by atoms with E-state index < -0.39 is 5.97 Å². The molecule has 2 amide bonds. The van der Waals surface area contributed by atoms with Crippen LogP contribution in [0.3, 0.4) is 0 Å². The first kappa shape index (κ1) is 13.3. The zero-order valence-corrected chi connectivity index (χ0v) is 10.4. The number of hydrogen-bond donors (Lipinski definition) is 1. The molecule has 5 heteroatoms. The number of hydrogen-bond acceptors (Lipinski definition) is 3. The summed E-state index contributed by atoms with van der Waals surface area (Å²) in [4.78, 5) is 35.4. The lowest BCUT2D eigenvalue weighted by Crippen LogP contribution is -2.43. The second kappa shape index (κ2) is 5.65. The van der Waals surface area contributed by atoms with Crippen molar-refractivity contribution in [3.8, 4) is 0 Å². The highest BCUT2D eigenvalue weighted by Gasteiger charge is 2.33. The largest absolute Gasteiger partial charge is 0.481 e. The van der Waals surface area contributed by atoms with Crippen molar-refractivity contribution in [1.29, 1.82) is 0 Å². The molecule has 1 N–H and O–H groups in total. The van der Waals surface area contributed by atoms with Gasteiger partial charge in [0.25, 0.3) is 0 Å². The van der Waals surface area contributed by atoms with Crippen molar-refractivity contribution in [3.05, 3.63) is 35.9 Å². The van der Waals surface area contributed by atoms with Crippen LogP contribution in [0.5, 0.6) is 0 Å². The third-order valence-corrected chi connectivity index (χ3v) is 3.26. The summed E-state index contributed by atoms with van der Waals surface area (Å²) in [5.74, 6) is -1.68. The van der Waals surface area contributed by atoms with Crippen molar-refractivity contribution in [1.82, 2.24) is 4.90 Å². The Balaban J connectivity index is 2.04. The van der Waals surface area contributed by atoms with E-state index in [2.05, 4.69) is 0 Å². The number of carboxylic acids is 1. The summed E-state index contributed by atoms with van der Waals surface area (Å²) in [6.45, 7) is -0.0332. The molecule has 2 rings (SSSR count). The fourth-order valence-electron chi connectivity index (χ4n) is 2.27. The summed E-state index contributed by atoms with van der Waals surface area (Å²) in [7, 11) is 0. The summed E-state index contributed by atoms with van der Waals surface area (Å²) >= 11 is 0. The molecule has 5 nitrogen and oxygen atoms in total. The molecule has 0 aliphatic carbocycles. The minimum atomic E-state index is -1.01. The number of imide groups is 1. The van der Waals surface area contributed by atoms with Crippen molar-refractivity contribution in [2.24, 2.45) is 0 Å². The van der Waals surface area contributed by atoms with Gasteiger partial charge in [-0.15, -0.1) is 0 Å². The number of carboxylic acid groups (broad SMARTS) is 1. The van der Waals surface area contributed by atoms with Gasteiger partial charge in [0.15, 0.2) is 0 Å². The van der Waals surface area contributed by atoms with Crippen LogP contribution < -0.4 is 0 Å². The molecule has 1 aromatic rings. The van der Waals surface area contributed by atoms with Crippen LogP contribution >= 0.6 is 0 Å². The minimum absolute atomic E-state index is 0.0332. The Morgan fingerprint density at radius 2 is 1.74 bits per heavy atom. The van der Waals surface area contributed by atoms with Crippen LogP contribution in [-0.4, -0.2) is 34.3 Å². The number of amides is 2. The van der Waals surface area contributed by atoms with Crippen molar-refractivity contribution in [3.63, 3.8) is 0 Å². The Bertz CT molecular complexity index is 479. The lowest BCUT2D eigenvalue weighted by Gasteiger charge is -2.29. The van der Waals surface area contributed by atoms with E-state index in [1.807, 2.05) is 30.3 Å². The average molecular weight is 261 g/mol. The smallest absolute Gasteiger partial charge is 0.305 e. The van der Waals surface area contributed by atoms with E-state index in [4.69, 9.17) is 5.11 Å². The lowest BCUT2D eigenvalue weighted by atomic mass is 9.88. The molecular formula is C14H15NO4. The molecule has 0 bridgehead atoms. The molecule has 0 saturated carbocycles. The van der Waals surface area contributed by atoms with Crippen LogP contribution in [0.15, 0.2) is 30.3 Å². The van der Waals surface area contributed by atoms with E-state index in [-0.39, 0.29) is 43.5 Å². The number of carbonyl (C=O) groups excluding carboxylic acids is 2. The van der Waals surface area contributed by atoms with Crippen LogP contribution in [0.2, 0.25) is 0 Å². The maximum Gasteiger partial charge on any atom is 0.305 e. The summed E-state index contributed by atoms with van der Waals surface area (Å²) in [6, 6.07) is 9.44. The second-order valence-electron chi connectivity index (χ2n) is 4.60. The maximum absolute atomic E-state index is 11.9. The molecule has 0 radical (unpaired) electrons. The highest BCUT2D eigenvalue weighted by molar-refractivity contribution is 5.98. The number of likely N-dealkylation sites (tertiary alicyclic amines) is 1. The Kier molecular flexibility index (Phi) is 3.94. The number of aliphatic carboxylic acids is 1. The number of nitrogens with zero attached hydrogens (tertiary/aromatic N) is 1. The van der Waals surface area contributed by atoms with Crippen LogP contribution in [0, 0.1) is 0 Å². The SMILES string of the molecule is O=C(O)CCN1C(=O)CC(c2ccccc2)CC1=O. The fourth-order valence-corrected chi connectivity index (χ4v) is 2.27. The number of benzene rings is 1. The molecule has 1 fully saturated rings. The Morgan fingerprint density at radius 1 is 1.16 bits per heavy atom. The third kappa shape index (κ3) is 3.19. The van der Waals surface area contributed by atoms with E-state index in [0.29, 0.717) is 0 Å². The number of carbonyl (C=O) groups is 3. The molecule has 1 saturated heterocycles. The van der Waals surface area contributed by atoms with Crippen molar-refractivity contribution < 1.29 is 19.5 Å². The van der Waals surface area contributed by atoms with Gasteiger partial charge in [-0.1, -0.05) is 30.3 Å². The van der Waals surface area contributed by atoms with Crippen LogP contribution in [-0.2, 0) is 14.4 Å². The molecule has 1 aliphatic rings. The highest BCUT2D eigenvalue weighted by Crippen LogP contribution is 2.29. The first-order valence-corrected chi connectivity index (χ1v) is 6.18. The Morgan fingerprint density at radius 3 is 2.26 bits per heavy atom. The van der Waals surface area contributed by atoms with Crippen LogP contribution in [0.25, 0.3) is 0 Å². The molecule has 1 heterocycles. The van der Waals surface area contributed by atoms with Crippen molar-refractivity contribution in [2.45, 2.75) is 25.2 Å². The average Bonchev–Trinajstić information content (AvgIpc) is 2.38. The van der Waals surface area contributed by atoms with Gasteiger partial charge in [0.1, 0.15) is 0 Å². The summed E-state index contributed by atoms with van der Waals surface area (Å²) < 4.78 is 0. The maximum atomic E-state index is 11.9. The molecular weight excluding hydrogens is 246 g/mol. The Hall–Kier alpha value is -2.17. The van der Waals surface area contributed by atoms with Crippen molar-refractivity contribution >= 4 is 17.8 Å². The predicted molar refractivity (Wildman–Crippen MR) is 67.4 cm³/mol. The molecule has 19 heavy (non-hydrogen) atoms. The van der Waals surface area contributed by atoms with E-state index in [1.165, 1.54) is 0 Å². The van der Waals surface area contributed by atoms with Gasteiger partial charge >= 0.3 is 5.97 Å². The molecule has 1 aromatic carbocycles. The first-order valence-electron chi connectivity index (χ1n) is 6.18. The van der Waals surface area contributed by atoms with Gasteiger partial charge in [-0.05, 0) is 5.56 Å². The monoisotopic (exact) mass is 261 g/mol. The molecule has 0 unspecified atom stereocenters. The van der Waals surface area contributed by atoms with Gasteiger partial charge in [0, 0.05) is 25.3 Å². The summed E-state index contributed by atoms with van der Waals surface area (Å²) in [6.07, 6.45) is 0.318. The van der Waals surface area contributed by atoms with Gasteiger partial charge in [-0.2, -0.15) is 0 Å². The summed E-state index contributed by atoms with van der Waals surface area (Å²) in [5, 5.41) is 8.60. The minimum Gasteiger partial charge on any atom is -0.481 e. The van der Waals surface area contributed by atoms with Crippen LogP contribution in [0.1, 0.15) is 30.7 Å². The van der Waals surface area contributed by atoms with E-state index in [9.17, 15) is 14.4 Å².